The molecular formula is C10H15O2Y-. The second-order valence-electron chi connectivity index (χ2n) is 2.08. The smallest absolute Gasteiger partial charge is 0.161 e. The molecule has 0 bridgehead atoms. The predicted octanol–water partition coefficient (Wildman–Crippen LogP) is 2.54. The van der Waals surface area contributed by atoms with Gasteiger partial charge in [-0.25, -0.2) is 0 Å². The molecule has 0 heterocycles. The van der Waals surface area contributed by atoms with E-state index in [9.17, 15) is 0 Å². The Balaban J connectivity index is 0. The molecule has 1 aromatic carbocycles. The number of rotatable bonds is 3. The van der Waals surface area contributed by atoms with E-state index in [0.29, 0.717) is 6.61 Å². The number of benzene rings is 1. The molecule has 0 N–H and O–H groups in total. The third-order valence-corrected chi connectivity index (χ3v) is 1.37. The van der Waals surface area contributed by atoms with Crippen LogP contribution < -0.4 is 9.47 Å². The van der Waals surface area contributed by atoms with Crippen LogP contribution in [0.25, 0.3) is 0 Å². The molecule has 0 aliphatic rings. The van der Waals surface area contributed by atoms with Crippen molar-refractivity contribution in [1.29, 1.82) is 0 Å². The Morgan fingerprint density at radius 2 is 1.69 bits per heavy atom. The molecule has 0 saturated heterocycles. The summed E-state index contributed by atoms with van der Waals surface area (Å²) >= 11 is 0. The Hall–Kier alpha value is -0.0761. The van der Waals surface area contributed by atoms with Gasteiger partial charge in [0, 0.05) is 32.7 Å². The van der Waals surface area contributed by atoms with Gasteiger partial charge in [0.05, 0.1) is 13.7 Å². The SMILES string of the molecule is CCOc1ccccc1OC.[CH3-].[Y]. The van der Waals surface area contributed by atoms with Gasteiger partial charge >= 0.3 is 0 Å². The van der Waals surface area contributed by atoms with Crippen molar-refractivity contribution in [3.05, 3.63) is 31.7 Å². The molecule has 0 aromatic heterocycles. The molecule has 1 radical (unpaired) electrons. The minimum absolute atomic E-state index is 0. The molecule has 0 aliphatic carbocycles. The molecular weight excluding hydrogens is 241 g/mol. The first-order valence-electron chi connectivity index (χ1n) is 3.64. The summed E-state index contributed by atoms with van der Waals surface area (Å²) in [5.41, 5.74) is 0. The van der Waals surface area contributed by atoms with E-state index in [4.69, 9.17) is 9.47 Å². The molecule has 1 aromatic rings. The molecule has 13 heavy (non-hydrogen) atoms. The van der Waals surface area contributed by atoms with Crippen LogP contribution in [0.4, 0.5) is 0 Å². The summed E-state index contributed by atoms with van der Waals surface area (Å²) in [7, 11) is 1.64. The van der Waals surface area contributed by atoms with E-state index in [1.165, 1.54) is 0 Å². The van der Waals surface area contributed by atoms with Crippen LogP contribution >= 0.6 is 0 Å². The molecule has 0 spiro atoms. The van der Waals surface area contributed by atoms with E-state index >= 15 is 0 Å². The topological polar surface area (TPSA) is 18.5 Å². The van der Waals surface area contributed by atoms with Gasteiger partial charge in [0.25, 0.3) is 0 Å². The normalized spacial score (nSPS) is 7.85. The summed E-state index contributed by atoms with van der Waals surface area (Å²) in [5.74, 6) is 1.59. The first-order chi connectivity index (χ1) is 5.38. The predicted molar refractivity (Wildman–Crippen MR) is 50.6 cm³/mol. The maximum atomic E-state index is 5.30. The molecule has 0 aliphatic heterocycles. The van der Waals surface area contributed by atoms with Gasteiger partial charge < -0.3 is 16.9 Å². The van der Waals surface area contributed by atoms with E-state index in [1.54, 1.807) is 7.11 Å². The Labute approximate surface area is 106 Å². The number of para-hydroxylation sites is 2. The molecule has 2 nitrogen and oxygen atoms in total. The van der Waals surface area contributed by atoms with Gasteiger partial charge in [0.1, 0.15) is 0 Å². The van der Waals surface area contributed by atoms with Gasteiger partial charge in [0.2, 0.25) is 0 Å². The zero-order chi connectivity index (χ0) is 8.10. The standard InChI is InChI=1S/C9H12O2.CH3.Y/c1-3-11-9-7-5-4-6-8(9)10-2;;/h4-7H,3H2,1-2H3;1H3;/q;-1;. The van der Waals surface area contributed by atoms with E-state index in [-0.39, 0.29) is 40.1 Å². The van der Waals surface area contributed by atoms with Crippen LogP contribution in [0.5, 0.6) is 11.5 Å². The van der Waals surface area contributed by atoms with Crippen molar-refractivity contribution in [2.75, 3.05) is 13.7 Å². The van der Waals surface area contributed by atoms with Gasteiger partial charge in [-0.2, -0.15) is 0 Å². The Kier molecular flexibility index (Phi) is 10.1. The maximum Gasteiger partial charge on any atom is 0.161 e. The van der Waals surface area contributed by atoms with Gasteiger partial charge in [0.15, 0.2) is 11.5 Å². The minimum atomic E-state index is 0. The van der Waals surface area contributed by atoms with Crippen molar-refractivity contribution in [3.63, 3.8) is 0 Å². The monoisotopic (exact) mass is 256 g/mol. The average Bonchev–Trinajstić information content (AvgIpc) is 2.06. The van der Waals surface area contributed by atoms with Crippen molar-refractivity contribution in [2.24, 2.45) is 0 Å². The summed E-state index contributed by atoms with van der Waals surface area (Å²) < 4.78 is 10.4. The molecule has 0 saturated carbocycles. The number of hydrogen-bond donors (Lipinski definition) is 0. The van der Waals surface area contributed by atoms with Crippen molar-refractivity contribution in [2.45, 2.75) is 6.92 Å². The zero-order valence-corrected chi connectivity index (χ0v) is 11.2. The molecule has 71 valence electrons. The van der Waals surface area contributed by atoms with E-state index < -0.39 is 0 Å². The molecule has 0 fully saturated rings. The molecule has 0 unspecified atom stereocenters. The van der Waals surface area contributed by atoms with Crippen LogP contribution in [0.1, 0.15) is 6.92 Å². The summed E-state index contributed by atoms with van der Waals surface area (Å²) in [6, 6.07) is 7.61. The summed E-state index contributed by atoms with van der Waals surface area (Å²) in [4.78, 5) is 0. The van der Waals surface area contributed by atoms with Crippen LogP contribution in [0.15, 0.2) is 24.3 Å². The summed E-state index contributed by atoms with van der Waals surface area (Å²) in [6.07, 6.45) is 0. The summed E-state index contributed by atoms with van der Waals surface area (Å²) in [5, 5.41) is 0. The minimum Gasteiger partial charge on any atom is -0.493 e. The zero-order valence-electron chi connectivity index (χ0n) is 8.41. The Morgan fingerprint density at radius 1 is 1.15 bits per heavy atom. The number of methoxy groups -OCH3 is 1. The molecule has 1 rings (SSSR count). The fraction of sp³-hybridized carbons (Fsp3) is 0.300. The first kappa shape index (κ1) is 15.4. The first-order valence-corrected chi connectivity index (χ1v) is 3.64. The van der Waals surface area contributed by atoms with E-state index in [0.717, 1.165) is 11.5 Å². The second-order valence-corrected chi connectivity index (χ2v) is 2.08. The molecule has 0 amide bonds. The van der Waals surface area contributed by atoms with Crippen LogP contribution in [0.2, 0.25) is 0 Å². The fourth-order valence-corrected chi connectivity index (χ4v) is 0.894. The van der Waals surface area contributed by atoms with Crippen molar-refractivity contribution >= 4 is 0 Å². The van der Waals surface area contributed by atoms with Gasteiger partial charge in [-0.3, -0.25) is 0 Å². The van der Waals surface area contributed by atoms with Crippen LogP contribution in [0.3, 0.4) is 0 Å². The van der Waals surface area contributed by atoms with Crippen LogP contribution in [-0.2, 0) is 32.7 Å². The van der Waals surface area contributed by atoms with Crippen molar-refractivity contribution in [1.82, 2.24) is 0 Å². The maximum absolute atomic E-state index is 5.30. The van der Waals surface area contributed by atoms with Crippen LogP contribution in [-0.4, -0.2) is 13.7 Å². The third-order valence-electron chi connectivity index (χ3n) is 1.37. The van der Waals surface area contributed by atoms with E-state index in [2.05, 4.69) is 0 Å². The van der Waals surface area contributed by atoms with Gasteiger partial charge in [-0.1, -0.05) is 12.1 Å². The number of hydrogen-bond acceptors (Lipinski definition) is 2. The van der Waals surface area contributed by atoms with Crippen molar-refractivity contribution < 1.29 is 42.2 Å². The van der Waals surface area contributed by atoms with Crippen molar-refractivity contribution in [3.8, 4) is 11.5 Å². The summed E-state index contributed by atoms with van der Waals surface area (Å²) in [6.45, 7) is 2.62. The Morgan fingerprint density at radius 3 is 2.15 bits per heavy atom. The number of ether oxygens (including phenoxy) is 2. The molecule has 3 heteroatoms. The second kappa shape index (κ2) is 8.52. The van der Waals surface area contributed by atoms with E-state index in [1.807, 2.05) is 31.2 Å². The van der Waals surface area contributed by atoms with Gasteiger partial charge in [-0.05, 0) is 19.1 Å². The molecule has 0 atom stereocenters. The van der Waals surface area contributed by atoms with Crippen LogP contribution in [0, 0.1) is 7.43 Å². The largest absolute Gasteiger partial charge is 0.493 e. The quantitative estimate of drug-likeness (QED) is 0.774. The third kappa shape index (κ3) is 4.63. The Bertz CT molecular complexity index is 226. The average molecular weight is 256 g/mol. The fourth-order valence-electron chi connectivity index (χ4n) is 0.894. The van der Waals surface area contributed by atoms with Gasteiger partial charge in [-0.15, -0.1) is 0 Å².